The summed E-state index contributed by atoms with van der Waals surface area (Å²) in [5, 5.41) is 19.6. The van der Waals surface area contributed by atoms with E-state index in [0.717, 1.165) is 18.7 Å². The van der Waals surface area contributed by atoms with Gasteiger partial charge >= 0.3 is 0 Å². The Morgan fingerprint density at radius 3 is 2.67 bits per heavy atom. The van der Waals surface area contributed by atoms with Crippen LogP contribution in [0.25, 0.3) is 0 Å². The van der Waals surface area contributed by atoms with Gasteiger partial charge in [0.2, 0.25) is 5.91 Å². The average molecular weight is 357 g/mol. The van der Waals surface area contributed by atoms with E-state index >= 15 is 0 Å². The fourth-order valence-corrected chi connectivity index (χ4v) is 2.67. The summed E-state index contributed by atoms with van der Waals surface area (Å²) in [5.41, 5.74) is 0.847. The fraction of sp³-hybridized carbons (Fsp3) is 0.462. The van der Waals surface area contributed by atoms with E-state index in [2.05, 4.69) is 31.9 Å². The van der Waals surface area contributed by atoms with Crippen LogP contribution in [0.5, 0.6) is 0 Å². The lowest BCUT2D eigenvalue weighted by Gasteiger charge is -2.12. The van der Waals surface area contributed by atoms with Gasteiger partial charge in [-0.15, -0.1) is 0 Å². The number of anilines is 1. The Morgan fingerprint density at radius 2 is 2.10 bits per heavy atom. The first-order valence-corrected chi connectivity index (χ1v) is 7.61. The summed E-state index contributed by atoms with van der Waals surface area (Å²) in [4.78, 5) is 22.3. The number of nitro groups is 1. The molecule has 0 aromatic heterocycles. The maximum Gasteiger partial charge on any atom is 0.269 e. The molecular weight excluding hydrogens is 340 g/mol. The van der Waals surface area contributed by atoms with E-state index < -0.39 is 4.92 Å². The topological polar surface area (TPSA) is 96.3 Å². The van der Waals surface area contributed by atoms with Crippen molar-refractivity contribution in [3.63, 3.8) is 0 Å². The minimum atomic E-state index is -0.435. The number of nitro benzene ring substituents is 1. The van der Waals surface area contributed by atoms with Crippen LogP contribution < -0.4 is 16.0 Å². The van der Waals surface area contributed by atoms with Crippen LogP contribution in [0.2, 0.25) is 0 Å². The summed E-state index contributed by atoms with van der Waals surface area (Å²) >= 11 is 3.47. The first-order chi connectivity index (χ1) is 10.1. The molecule has 1 aromatic rings. The van der Waals surface area contributed by atoms with Crippen molar-refractivity contribution in [3.8, 4) is 0 Å². The third-order valence-corrected chi connectivity index (χ3v) is 3.92. The highest BCUT2D eigenvalue weighted by Gasteiger charge is 2.27. The second-order valence-corrected chi connectivity index (χ2v) is 6.11. The molecule has 0 spiro atoms. The third-order valence-electron chi connectivity index (χ3n) is 3.23. The Bertz CT molecular complexity index is 509. The van der Waals surface area contributed by atoms with Gasteiger partial charge in [0, 0.05) is 42.3 Å². The maximum absolute atomic E-state index is 11.8. The Labute approximate surface area is 130 Å². The molecule has 1 aliphatic rings. The van der Waals surface area contributed by atoms with Crippen molar-refractivity contribution >= 4 is 33.2 Å². The van der Waals surface area contributed by atoms with Crippen molar-refractivity contribution < 1.29 is 9.72 Å². The third kappa shape index (κ3) is 4.68. The second kappa shape index (κ2) is 7.37. The summed E-state index contributed by atoms with van der Waals surface area (Å²) < 4.78 is 0. The summed E-state index contributed by atoms with van der Waals surface area (Å²) in [6.45, 7) is 1.87. The Morgan fingerprint density at radius 1 is 1.38 bits per heavy atom. The molecule has 1 aromatic carbocycles. The summed E-state index contributed by atoms with van der Waals surface area (Å²) in [6.07, 6.45) is 0.793. The van der Waals surface area contributed by atoms with Gasteiger partial charge in [-0.2, -0.15) is 0 Å². The molecule has 1 saturated heterocycles. The van der Waals surface area contributed by atoms with Gasteiger partial charge in [-0.1, -0.05) is 15.9 Å². The average Bonchev–Trinajstić information content (AvgIpc) is 2.90. The summed E-state index contributed by atoms with van der Waals surface area (Å²) in [6, 6.07) is 6.05. The van der Waals surface area contributed by atoms with Gasteiger partial charge in [0.05, 0.1) is 11.0 Å². The first-order valence-electron chi connectivity index (χ1n) is 6.70. The van der Waals surface area contributed by atoms with Crippen LogP contribution >= 0.6 is 15.9 Å². The molecular formula is C13H17BrN4O3. The van der Waals surface area contributed by atoms with Crippen molar-refractivity contribution in [2.24, 2.45) is 0 Å². The van der Waals surface area contributed by atoms with Crippen LogP contribution in [0, 0.1) is 10.1 Å². The van der Waals surface area contributed by atoms with Gasteiger partial charge in [0.15, 0.2) is 0 Å². The standard InChI is InChI=1S/C13H17BrN4O3/c14-9-7-12(17-8-9)13(19)16-6-5-15-10-1-3-11(4-2-10)18(20)21/h1-4,9,12,15,17H,5-8H2,(H,16,19). The van der Waals surface area contributed by atoms with Gasteiger partial charge in [-0.05, 0) is 18.6 Å². The number of alkyl halides is 1. The lowest BCUT2D eigenvalue weighted by atomic mass is 10.2. The van der Waals surface area contributed by atoms with E-state index in [9.17, 15) is 14.9 Å². The SMILES string of the molecule is O=C(NCCNc1ccc([N+](=O)[O-])cc1)C1CC(Br)CN1. The molecule has 1 amide bonds. The number of nitrogens with one attached hydrogen (secondary N) is 3. The number of carbonyl (C=O) groups is 1. The summed E-state index contributed by atoms with van der Waals surface area (Å²) in [5.74, 6) is 0.00227. The minimum Gasteiger partial charge on any atom is -0.383 e. The normalized spacial score (nSPS) is 21.0. The molecule has 7 nitrogen and oxygen atoms in total. The first kappa shape index (κ1) is 15.7. The van der Waals surface area contributed by atoms with Gasteiger partial charge in [0.25, 0.3) is 5.69 Å². The number of hydrogen-bond donors (Lipinski definition) is 3. The zero-order valence-corrected chi connectivity index (χ0v) is 12.9. The predicted octanol–water partition coefficient (Wildman–Crippen LogP) is 1.25. The van der Waals surface area contributed by atoms with Gasteiger partial charge in [0.1, 0.15) is 0 Å². The largest absolute Gasteiger partial charge is 0.383 e. The predicted molar refractivity (Wildman–Crippen MR) is 83.7 cm³/mol. The van der Waals surface area contributed by atoms with Crippen LogP contribution in [0.1, 0.15) is 6.42 Å². The maximum atomic E-state index is 11.8. The number of amides is 1. The molecule has 2 rings (SSSR count). The number of halogens is 1. The van der Waals surface area contributed by atoms with Crippen molar-refractivity contribution in [3.05, 3.63) is 34.4 Å². The Balaban J connectivity index is 1.67. The quantitative estimate of drug-likeness (QED) is 0.308. The Kier molecular flexibility index (Phi) is 5.51. The lowest BCUT2D eigenvalue weighted by molar-refractivity contribution is -0.384. The van der Waals surface area contributed by atoms with Gasteiger partial charge in [-0.3, -0.25) is 14.9 Å². The zero-order chi connectivity index (χ0) is 15.2. The number of hydrogen-bond acceptors (Lipinski definition) is 5. The highest BCUT2D eigenvalue weighted by atomic mass is 79.9. The van der Waals surface area contributed by atoms with Crippen LogP contribution in [-0.4, -0.2) is 41.3 Å². The molecule has 114 valence electrons. The van der Waals surface area contributed by atoms with Crippen LogP contribution in [0.3, 0.4) is 0 Å². The lowest BCUT2D eigenvalue weighted by Crippen LogP contribution is -2.42. The molecule has 0 bridgehead atoms. The highest BCUT2D eigenvalue weighted by molar-refractivity contribution is 9.09. The molecule has 1 heterocycles. The molecule has 0 aliphatic carbocycles. The number of rotatable bonds is 6. The van der Waals surface area contributed by atoms with E-state index in [1.807, 2.05) is 0 Å². The van der Waals surface area contributed by atoms with E-state index in [0.29, 0.717) is 17.9 Å². The molecule has 0 radical (unpaired) electrons. The molecule has 8 heteroatoms. The second-order valence-electron chi connectivity index (χ2n) is 4.82. The molecule has 1 aliphatic heterocycles. The molecule has 0 saturated carbocycles. The highest BCUT2D eigenvalue weighted by Crippen LogP contribution is 2.15. The molecule has 2 unspecified atom stereocenters. The minimum absolute atomic E-state index is 0.00227. The van der Waals surface area contributed by atoms with Crippen molar-refractivity contribution in [1.29, 1.82) is 0 Å². The van der Waals surface area contributed by atoms with Gasteiger partial charge < -0.3 is 16.0 Å². The number of nitrogens with zero attached hydrogens (tertiary/aromatic N) is 1. The number of non-ortho nitro benzene ring substituents is 1. The molecule has 3 N–H and O–H groups in total. The van der Waals surface area contributed by atoms with Crippen LogP contribution in [0.4, 0.5) is 11.4 Å². The fourth-order valence-electron chi connectivity index (χ4n) is 2.11. The monoisotopic (exact) mass is 356 g/mol. The van der Waals surface area contributed by atoms with E-state index in [-0.39, 0.29) is 17.6 Å². The number of carbonyl (C=O) groups excluding carboxylic acids is 1. The van der Waals surface area contributed by atoms with Crippen molar-refractivity contribution in [1.82, 2.24) is 10.6 Å². The van der Waals surface area contributed by atoms with Gasteiger partial charge in [-0.25, -0.2) is 0 Å². The van der Waals surface area contributed by atoms with Crippen molar-refractivity contribution in [2.45, 2.75) is 17.3 Å². The van der Waals surface area contributed by atoms with E-state index in [4.69, 9.17) is 0 Å². The van der Waals surface area contributed by atoms with Crippen LogP contribution in [-0.2, 0) is 4.79 Å². The molecule has 2 atom stereocenters. The molecule has 1 fully saturated rings. The van der Waals surface area contributed by atoms with Crippen molar-refractivity contribution in [2.75, 3.05) is 25.0 Å². The molecule has 21 heavy (non-hydrogen) atoms. The Hall–Kier alpha value is -1.67. The smallest absolute Gasteiger partial charge is 0.269 e. The van der Waals surface area contributed by atoms with E-state index in [1.165, 1.54) is 12.1 Å². The van der Waals surface area contributed by atoms with E-state index in [1.54, 1.807) is 12.1 Å². The number of benzene rings is 1. The zero-order valence-electron chi connectivity index (χ0n) is 11.3. The summed E-state index contributed by atoms with van der Waals surface area (Å²) in [7, 11) is 0. The van der Waals surface area contributed by atoms with Crippen LogP contribution in [0.15, 0.2) is 24.3 Å².